The van der Waals surface area contributed by atoms with Crippen LogP contribution < -0.4 is 0 Å². The fourth-order valence-corrected chi connectivity index (χ4v) is 4.20. The second-order valence-corrected chi connectivity index (χ2v) is 7.55. The second kappa shape index (κ2) is 4.17. The van der Waals surface area contributed by atoms with Crippen molar-refractivity contribution < 1.29 is 9.13 Å². The molecule has 0 radical (unpaired) electrons. The molecule has 3 atom stereocenters. The molecule has 0 aromatic rings. The number of hydrogen-bond donors (Lipinski definition) is 0. The van der Waals surface area contributed by atoms with E-state index in [0.29, 0.717) is 6.42 Å². The normalized spacial score (nSPS) is 38.2. The zero-order valence-corrected chi connectivity index (χ0v) is 12.7. The van der Waals surface area contributed by atoms with E-state index in [4.69, 9.17) is 4.74 Å². The third kappa shape index (κ3) is 1.82. The first-order valence-electron chi connectivity index (χ1n) is 7.12. The molecule has 0 saturated carbocycles. The highest BCUT2D eigenvalue weighted by atomic mass is 19.1. The molecule has 0 bridgehead atoms. The molecule has 2 heterocycles. The lowest BCUT2D eigenvalue weighted by atomic mass is 9.71. The molecule has 18 heavy (non-hydrogen) atoms. The molecule has 2 rings (SSSR count). The van der Waals surface area contributed by atoms with Crippen molar-refractivity contribution in [2.24, 2.45) is 5.41 Å². The summed E-state index contributed by atoms with van der Waals surface area (Å²) in [7, 11) is 1.69. The maximum absolute atomic E-state index is 14.6. The Morgan fingerprint density at radius 1 is 1.22 bits per heavy atom. The summed E-state index contributed by atoms with van der Waals surface area (Å²) in [6, 6.07) is -0.107. The van der Waals surface area contributed by atoms with E-state index in [2.05, 4.69) is 25.7 Å². The van der Waals surface area contributed by atoms with E-state index in [1.807, 2.05) is 13.8 Å². The minimum Gasteiger partial charge on any atom is -0.377 e. The Balaban J connectivity index is 2.38. The van der Waals surface area contributed by atoms with Gasteiger partial charge < -0.3 is 4.74 Å². The predicted octanol–water partition coefficient (Wildman–Crippen LogP) is 3.40. The van der Waals surface area contributed by atoms with Crippen molar-refractivity contribution in [2.45, 2.75) is 77.2 Å². The summed E-state index contributed by atoms with van der Waals surface area (Å²) >= 11 is 0. The summed E-state index contributed by atoms with van der Waals surface area (Å²) in [5.74, 6) is 0. The predicted molar refractivity (Wildman–Crippen MR) is 72.5 cm³/mol. The minimum atomic E-state index is -0.778. The first kappa shape index (κ1) is 14.3. The maximum atomic E-state index is 14.6. The van der Waals surface area contributed by atoms with Crippen molar-refractivity contribution in [1.29, 1.82) is 0 Å². The summed E-state index contributed by atoms with van der Waals surface area (Å²) in [4.78, 5) is 2.42. The molecule has 2 saturated heterocycles. The maximum Gasteiger partial charge on any atom is 0.120 e. The van der Waals surface area contributed by atoms with Gasteiger partial charge in [0.05, 0.1) is 11.6 Å². The number of ether oxygens (including phenoxy) is 1. The molecule has 2 nitrogen and oxygen atoms in total. The topological polar surface area (TPSA) is 12.5 Å². The van der Waals surface area contributed by atoms with E-state index in [0.717, 1.165) is 13.0 Å². The molecule has 106 valence electrons. The van der Waals surface area contributed by atoms with Gasteiger partial charge in [0.25, 0.3) is 0 Å². The van der Waals surface area contributed by atoms with Crippen molar-refractivity contribution in [2.75, 3.05) is 13.7 Å². The average molecular weight is 257 g/mol. The monoisotopic (exact) mass is 257 g/mol. The molecule has 0 amide bonds. The standard InChI is InChI=1S/C15H28FNO/c1-13(2,3)15-8-7-9-17(15)12(11(16)10-15)14(4,5)18-6/h11-12H,7-10H2,1-6H3. The Morgan fingerprint density at radius 3 is 2.33 bits per heavy atom. The van der Waals surface area contributed by atoms with Crippen LogP contribution in [0.4, 0.5) is 4.39 Å². The molecule has 0 spiro atoms. The fourth-order valence-electron chi connectivity index (χ4n) is 4.20. The lowest BCUT2D eigenvalue weighted by molar-refractivity contribution is -0.0767. The molecular formula is C15H28FNO. The lowest BCUT2D eigenvalue weighted by Gasteiger charge is -2.47. The van der Waals surface area contributed by atoms with Crippen LogP contribution in [0.1, 0.15) is 53.9 Å². The van der Waals surface area contributed by atoms with Crippen LogP contribution in [0.2, 0.25) is 0 Å². The molecule has 3 unspecified atom stereocenters. The van der Waals surface area contributed by atoms with Crippen molar-refractivity contribution in [1.82, 2.24) is 4.90 Å². The summed E-state index contributed by atoms with van der Waals surface area (Å²) in [6.07, 6.45) is 2.18. The number of hydrogen-bond acceptors (Lipinski definition) is 2. The largest absolute Gasteiger partial charge is 0.377 e. The van der Waals surface area contributed by atoms with Gasteiger partial charge in [0.2, 0.25) is 0 Å². The van der Waals surface area contributed by atoms with Crippen LogP contribution in [0.15, 0.2) is 0 Å². The van der Waals surface area contributed by atoms with Gasteiger partial charge in [-0.25, -0.2) is 4.39 Å². The van der Waals surface area contributed by atoms with E-state index >= 15 is 0 Å². The molecule has 2 aliphatic rings. The summed E-state index contributed by atoms with van der Waals surface area (Å²) in [6.45, 7) is 11.8. The lowest BCUT2D eigenvalue weighted by Crippen LogP contribution is -2.57. The molecule has 2 aliphatic heterocycles. The molecule has 0 aromatic heterocycles. The zero-order chi connectivity index (χ0) is 13.8. The van der Waals surface area contributed by atoms with Crippen LogP contribution in [0.5, 0.6) is 0 Å². The Labute approximate surface area is 111 Å². The third-order valence-electron chi connectivity index (χ3n) is 5.38. The first-order chi connectivity index (χ1) is 8.16. The molecule has 0 N–H and O–H groups in total. The quantitative estimate of drug-likeness (QED) is 0.751. The summed E-state index contributed by atoms with van der Waals surface area (Å²) in [5.41, 5.74) is -0.282. The highest BCUT2D eigenvalue weighted by Crippen LogP contribution is 2.55. The van der Waals surface area contributed by atoms with Crippen molar-refractivity contribution >= 4 is 0 Å². The van der Waals surface area contributed by atoms with Crippen LogP contribution in [-0.4, -0.2) is 41.9 Å². The molecule has 2 fully saturated rings. The number of rotatable bonds is 2. The smallest absolute Gasteiger partial charge is 0.120 e. The van der Waals surface area contributed by atoms with Gasteiger partial charge >= 0.3 is 0 Å². The average Bonchev–Trinajstić information content (AvgIpc) is 2.72. The minimum absolute atomic E-state index is 0.0207. The Morgan fingerprint density at radius 2 is 1.83 bits per heavy atom. The fraction of sp³-hybridized carbons (Fsp3) is 1.00. The highest BCUT2D eigenvalue weighted by Gasteiger charge is 2.62. The summed E-state index contributed by atoms with van der Waals surface area (Å²) < 4.78 is 20.2. The van der Waals surface area contributed by atoms with E-state index < -0.39 is 11.8 Å². The van der Waals surface area contributed by atoms with Crippen molar-refractivity contribution in [3.63, 3.8) is 0 Å². The van der Waals surface area contributed by atoms with Crippen molar-refractivity contribution in [3.05, 3.63) is 0 Å². The zero-order valence-electron chi connectivity index (χ0n) is 12.7. The molecular weight excluding hydrogens is 229 g/mol. The van der Waals surface area contributed by atoms with Crippen LogP contribution in [0.3, 0.4) is 0 Å². The van der Waals surface area contributed by atoms with Gasteiger partial charge in [0, 0.05) is 12.6 Å². The van der Waals surface area contributed by atoms with Gasteiger partial charge in [-0.15, -0.1) is 0 Å². The van der Waals surface area contributed by atoms with Crippen molar-refractivity contribution in [3.8, 4) is 0 Å². The Kier molecular flexibility index (Phi) is 3.31. The number of halogens is 1. The number of alkyl halides is 1. The number of methoxy groups -OCH3 is 1. The first-order valence-corrected chi connectivity index (χ1v) is 7.12. The Hall–Kier alpha value is -0.150. The van der Waals surface area contributed by atoms with Crippen LogP contribution in [0.25, 0.3) is 0 Å². The van der Waals surface area contributed by atoms with E-state index in [1.54, 1.807) is 7.11 Å². The molecule has 0 aliphatic carbocycles. The van der Waals surface area contributed by atoms with E-state index in [-0.39, 0.29) is 17.0 Å². The van der Waals surface area contributed by atoms with Gasteiger partial charge in [0.15, 0.2) is 0 Å². The van der Waals surface area contributed by atoms with Gasteiger partial charge in [-0.1, -0.05) is 20.8 Å². The second-order valence-electron chi connectivity index (χ2n) is 7.55. The van der Waals surface area contributed by atoms with Crippen LogP contribution >= 0.6 is 0 Å². The highest BCUT2D eigenvalue weighted by molar-refractivity contribution is 5.16. The number of fused-ring (bicyclic) bond motifs is 1. The van der Waals surface area contributed by atoms with E-state index in [9.17, 15) is 4.39 Å². The van der Waals surface area contributed by atoms with Gasteiger partial charge in [-0.05, 0) is 45.1 Å². The van der Waals surface area contributed by atoms with Gasteiger partial charge in [0.1, 0.15) is 6.17 Å². The van der Waals surface area contributed by atoms with Crippen LogP contribution in [0, 0.1) is 5.41 Å². The third-order valence-corrected chi connectivity index (χ3v) is 5.38. The number of nitrogens with zero attached hydrogens (tertiary/aromatic N) is 1. The summed E-state index contributed by atoms with van der Waals surface area (Å²) in [5, 5.41) is 0. The Bertz CT molecular complexity index is 323. The van der Waals surface area contributed by atoms with E-state index in [1.165, 1.54) is 6.42 Å². The van der Waals surface area contributed by atoms with Gasteiger partial charge in [-0.2, -0.15) is 0 Å². The van der Waals surface area contributed by atoms with Crippen LogP contribution in [-0.2, 0) is 4.74 Å². The molecule has 3 heteroatoms. The van der Waals surface area contributed by atoms with Gasteiger partial charge in [-0.3, -0.25) is 4.90 Å². The molecule has 0 aromatic carbocycles. The SMILES string of the molecule is COC(C)(C)C1C(F)CC2(C(C)(C)C)CCCN12.